The Bertz CT molecular complexity index is 499. The molecule has 1 aromatic rings. The molecule has 7 heteroatoms. The van der Waals surface area contributed by atoms with E-state index in [4.69, 9.17) is 11.6 Å². The van der Waals surface area contributed by atoms with E-state index in [9.17, 15) is 9.90 Å². The quantitative estimate of drug-likeness (QED) is 0.858. The molecule has 116 valence electrons. The lowest BCUT2D eigenvalue weighted by Gasteiger charge is -2.42. The highest BCUT2D eigenvalue weighted by atomic mass is 35.5. The summed E-state index contributed by atoms with van der Waals surface area (Å²) in [5.74, 6) is -0.0960. The van der Waals surface area contributed by atoms with Crippen molar-refractivity contribution in [2.45, 2.75) is 37.8 Å². The molecule has 6 nitrogen and oxygen atoms in total. The lowest BCUT2D eigenvalue weighted by atomic mass is 9.91. The van der Waals surface area contributed by atoms with Gasteiger partial charge in [-0.05, 0) is 12.8 Å². The van der Waals surface area contributed by atoms with E-state index >= 15 is 0 Å². The zero-order valence-corrected chi connectivity index (χ0v) is 12.7. The van der Waals surface area contributed by atoms with E-state index in [0.717, 1.165) is 32.4 Å². The van der Waals surface area contributed by atoms with Crippen molar-refractivity contribution in [3.63, 3.8) is 0 Å². The molecular weight excluding hydrogens is 292 g/mol. The number of amides is 1. The highest BCUT2D eigenvalue weighted by Gasteiger charge is 2.32. The van der Waals surface area contributed by atoms with Crippen LogP contribution in [-0.4, -0.2) is 69.3 Å². The molecule has 0 radical (unpaired) electrons. The Labute approximate surface area is 129 Å². The van der Waals surface area contributed by atoms with E-state index in [0.29, 0.717) is 23.8 Å². The lowest BCUT2D eigenvalue weighted by Crippen LogP contribution is -2.55. The summed E-state index contributed by atoms with van der Waals surface area (Å²) in [6, 6.07) is 0.256. The minimum absolute atomic E-state index is 0.0960. The summed E-state index contributed by atoms with van der Waals surface area (Å²) in [5, 5.41) is 16.9. The highest BCUT2D eigenvalue weighted by Crippen LogP contribution is 2.24. The van der Waals surface area contributed by atoms with Gasteiger partial charge in [-0.2, -0.15) is 5.10 Å². The van der Waals surface area contributed by atoms with Crippen LogP contribution in [0.25, 0.3) is 0 Å². The number of nitrogens with one attached hydrogen (secondary N) is 1. The topological polar surface area (TPSA) is 72.5 Å². The number of carbonyl (C=O) groups excluding carboxylic acids is 1. The average Bonchev–Trinajstić information content (AvgIpc) is 2.93. The van der Waals surface area contributed by atoms with Gasteiger partial charge in [0.25, 0.3) is 5.91 Å². The summed E-state index contributed by atoms with van der Waals surface area (Å²) in [7, 11) is 0. The van der Waals surface area contributed by atoms with Gasteiger partial charge in [-0.25, -0.2) is 0 Å². The van der Waals surface area contributed by atoms with Crippen molar-refractivity contribution in [3.05, 3.63) is 16.9 Å². The van der Waals surface area contributed by atoms with Crippen LogP contribution in [0.1, 0.15) is 36.2 Å². The Morgan fingerprint density at radius 3 is 2.62 bits per heavy atom. The SMILES string of the molecule is O=C(c1[nH]ncc1Cl)N1CCN([C@H]2CCCC[C@@H]2O)CC1. The Hall–Kier alpha value is -1.11. The molecule has 0 spiro atoms. The molecule has 1 saturated carbocycles. The molecule has 0 unspecified atom stereocenters. The van der Waals surface area contributed by atoms with Gasteiger partial charge < -0.3 is 10.0 Å². The normalized spacial score (nSPS) is 27.8. The number of aliphatic hydroxyl groups excluding tert-OH is 1. The Kier molecular flexibility index (Phi) is 4.47. The summed E-state index contributed by atoms with van der Waals surface area (Å²) >= 11 is 5.94. The van der Waals surface area contributed by atoms with E-state index in [1.54, 1.807) is 4.90 Å². The van der Waals surface area contributed by atoms with E-state index in [1.807, 2.05) is 0 Å². The first-order valence-electron chi connectivity index (χ1n) is 7.57. The van der Waals surface area contributed by atoms with Crippen molar-refractivity contribution in [2.24, 2.45) is 0 Å². The van der Waals surface area contributed by atoms with Gasteiger partial charge in [0, 0.05) is 32.2 Å². The average molecular weight is 313 g/mol. The predicted molar refractivity (Wildman–Crippen MR) is 79.3 cm³/mol. The van der Waals surface area contributed by atoms with Crippen molar-refractivity contribution in [1.82, 2.24) is 20.0 Å². The summed E-state index contributed by atoms with van der Waals surface area (Å²) in [6.07, 6.45) is 5.49. The molecule has 21 heavy (non-hydrogen) atoms. The number of H-pyrrole nitrogens is 1. The zero-order valence-electron chi connectivity index (χ0n) is 12.0. The fraction of sp³-hybridized carbons (Fsp3) is 0.714. The van der Waals surface area contributed by atoms with E-state index in [1.165, 1.54) is 12.6 Å². The fourth-order valence-corrected chi connectivity index (χ4v) is 3.53. The third kappa shape index (κ3) is 3.07. The first-order valence-corrected chi connectivity index (χ1v) is 7.95. The second-order valence-corrected chi connectivity index (χ2v) is 6.25. The van der Waals surface area contributed by atoms with Gasteiger partial charge in [0.1, 0.15) is 5.69 Å². The van der Waals surface area contributed by atoms with Crippen LogP contribution in [0.3, 0.4) is 0 Å². The monoisotopic (exact) mass is 312 g/mol. The van der Waals surface area contributed by atoms with Crippen LogP contribution >= 0.6 is 11.6 Å². The number of hydrogen-bond donors (Lipinski definition) is 2. The molecule has 2 heterocycles. The van der Waals surface area contributed by atoms with Crippen LogP contribution in [0.4, 0.5) is 0 Å². The molecule has 1 aliphatic carbocycles. The molecule has 0 aromatic carbocycles. The van der Waals surface area contributed by atoms with Crippen LogP contribution in [0.15, 0.2) is 6.20 Å². The van der Waals surface area contributed by atoms with Crippen LogP contribution in [0.2, 0.25) is 5.02 Å². The van der Waals surface area contributed by atoms with Gasteiger partial charge >= 0.3 is 0 Å². The molecule has 2 fully saturated rings. The predicted octanol–water partition coefficient (Wildman–Crippen LogP) is 1.12. The Morgan fingerprint density at radius 1 is 1.29 bits per heavy atom. The van der Waals surface area contributed by atoms with Crippen molar-refractivity contribution in [2.75, 3.05) is 26.2 Å². The summed E-state index contributed by atoms with van der Waals surface area (Å²) in [6.45, 7) is 2.94. The van der Waals surface area contributed by atoms with Crippen molar-refractivity contribution >= 4 is 17.5 Å². The minimum Gasteiger partial charge on any atom is -0.391 e. The first-order chi connectivity index (χ1) is 10.2. The van der Waals surface area contributed by atoms with Crippen molar-refractivity contribution < 1.29 is 9.90 Å². The van der Waals surface area contributed by atoms with Crippen molar-refractivity contribution in [1.29, 1.82) is 0 Å². The summed E-state index contributed by atoms with van der Waals surface area (Å²) in [5.41, 5.74) is 0.364. The number of carbonyl (C=O) groups is 1. The van der Waals surface area contributed by atoms with Crippen LogP contribution in [0.5, 0.6) is 0 Å². The number of piperazine rings is 1. The van der Waals surface area contributed by atoms with Gasteiger partial charge in [0.2, 0.25) is 0 Å². The number of rotatable bonds is 2. The number of aromatic amines is 1. The second-order valence-electron chi connectivity index (χ2n) is 5.84. The fourth-order valence-electron chi connectivity index (χ4n) is 3.35. The number of hydrogen-bond acceptors (Lipinski definition) is 4. The molecule has 1 aromatic heterocycles. The van der Waals surface area contributed by atoms with Gasteiger partial charge in [-0.3, -0.25) is 14.8 Å². The van der Waals surface area contributed by atoms with Crippen molar-refractivity contribution in [3.8, 4) is 0 Å². The minimum atomic E-state index is -0.219. The molecule has 0 bridgehead atoms. The molecular formula is C14H21ClN4O2. The number of aromatic nitrogens is 2. The molecule has 1 aliphatic heterocycles. The van der Waals surface area contributed by atoms with Gasteiger partial charge in [0.15, 0.2) is 0 Å². The first kappa shape index (κ1) is 14.8. The molecule has 1 saturated heterocycles. The van der Waals surface area contributed by atoms with E-state index in [2.05, 4.69) is 15.1 Å². The largest absolute Gasteiger partial charge is 0.391 e. The smallest absolute Gasteiger partial charge is 0.273 e. The number of aliphatic hydroxyl groups is 1. The zero-order chi connectivity index (χ0) is 14.8. The lowest BCUT2D eigenvalue weighted by molar-refractivity contribution is -0.00182. The highest BCUT2D eigenvalue weighted by molar-refractivity contribution is 6.33. The number of nitrogens with zero attached hydrogens (tertiary/aromatic N) is 3. The standard InChI is InChI=1S/C14H21ClN4O2/c15-10-9-16-17-13(10)14(21)19-7-5-18(6-8-19)11-3-1-2-4-12(11)20/h9,11-12,20H,1-8H2,(H,16,17)/t11-,12-/m0/s1. The van der Waals surface area contributed by atoms with Gasteiger partial charge in [0.05, 0.1) is 17.3 Å². The van der Waals surface area contributed by atoms with Gasteiger partial charge in [-0.15, -0.1) is 0 Å². The summed E-state index contributed by atoms with van der Waals surface area (Å²) < 4.78 is 0. The summed E-state index contributed by atoms with van der Waals surface area (Å²) in [4.78, 5) is 16.4. The second kappa shape index (κ2) is 6.34. The third-order valence-corrected chi connectivity index (χ3v) is 4.86. The number of halogens is 1. The maximum Gasteiger partial charge on any atom is 0.273 e. The van der Waals surface area contributed by atoms with Gasteiger partial charge in [-0.1, -0.05) is 24.4 Å². The molecule has 3 rings (SSSR count). The van der Waals surface area contributed by atoms with Crippen LogP contribution in [-0.2, 0) is 0 Å². The molecule has 2 N–H and O–H groups in total. The maximum absolute atomic E-state index is 12.3. The van der Waals surface area contributed by atoms with E-state index in [-0.39, 0.29) is 18.1 Å². The Morgan fingerprint density at radius 2 is 2.00 bits per heavy atom. The molecule has 2 atom stereocenters. The van der Waals surface area contributed by atoms with E-state index < -0.39 is 0 Å². The Balaban J connectivity index is 1.58. The van der Waals surface area contributed by atoms with Crippen LogP contribution in [0, 0.1) is 0 Å². The molecule has 1 amide bonds. The maximum atomic E-state index is 12.3. The molecule has 2 aliphatic rings. The van der Waals surface area contributed by atoms with Crippen LogP contribution < -0.4 is 0 Å². The third-order valence-electron chi connectivity index (χ3n) is 4.57.